The van der Waals surface area contributed by atoms with Gasteiger partial charge in [0, 0.05) is 12.5 Å². The van der Waals surface area contributed by atoms with E-state index in [1.807, 2.05) is 0 Å². The summed E-state index contributed by atoms with van der Waals surface area (Å²) in [5, 5.41) is 43.6. The minimum absolute atomic E-state index is 0.238. The van der Waals surface area contributed by atoms with Crippen molar-refractivity contribution in [2.75, 3.05) is 13.7 Å². The number of carbonyl (C=O) groups is 3. The van der Waals surface area contributed by atoms with E-state index in [1.54, 1.807) is 12.1 Å². The fraction of sp³-hybridized carbons (Fsp3) is 0.421. The van der Waals surface area contributed by atoms with Crippen molar-refractivity contribution in [3.05, 3.63) is 41.7 Å². The van der Waals surface area contributed by atoms with E-state index in [4.69, 9.17) is 14.6 Å². The molecule has 30 heavy (non-hydrogen) atoms. The van der Waals surface area contributed by atoms with Crippen molar-refractivity contribution < 1.29 is 44.3 Å². The molecular weight excluding hydrogens is 400 g/mol. The average Bonchev–Trinajstić information content (AvgIpc) is 2.73. The van der Waals surface area contributed by atoms with Crippen molar-refractivity contribution >= 4 is 17.8 Å². The second kappa shape index (κ2) is 10.1. The first kappa shape index (κ1) is 23.1. The molecule has 0 saturated heterocycles. The number of rotatable bonds is 8. The predicted molar refractivity (Wildman–Crippen MR) is 102 cm³/mol. The van der Waals surface area contributed by atoms with Crippen LogP contribution >= 0.6 is 0 Å². The van der Waals surface area contributed by atoms with E-state index < -0.39 is 60.5 Å². The normalized spacial score (nSPS) is 22.7. The highest BCUT2D eigenvalue weighted by molar-refractivity contribution is 5.95. The lowest BCUT2D eigenvalue weighted by Crippen LogP contribution is -2.63. The van der Waals surface area contributed by atoms with E-state index in [-0.39, 0.29) is 5.56 Å². The summed E-state index contributed by atoms with van der Waals surface area (Å²) in [5.41, 5.74) is 0.238. The quantitative estimate of drug-likeness (QED) is 0.286. The lowest BCUT2D eigenvalue weighted by molar-refractivity contribution is -0.146. The van der Waals surface area contributed by atoms with Crippen molar-refractivity contribution in [2.24, 2.45) is 0 Å². The van der Waals surface area contributed by atoms with Gasteiger partial charge in [-0.15, -0.1) is 0 Å². The zero-order valence-corrected chi connectivity index (χ0v) is 16.3. The number of aliphatic carboxylic acids is 1. The Morgan fingerprint density at radius 1 is 1.17 bits per heavy atom. The summed E-state index contributed by atoms with van der Waals surface area (Å²) in [6, 6.07) is 3.87. The summed E-state index contributed by atoms with van der Waals surface area (Å²) in [7, 11) is 1.47. The number of hydrogen-bond acceptors (Lipinski definition) is 8. The molecule has 0 radical (unpaired) electrons. The molecule has 6 N–H and O–H groups in total. The van der Waals surface area contributed by atoms with Crippen LogP contribution in [0.1, 0.15) is 17.3 Å². The second-order valence-electron chi connectivity index (χ2n) is 6.61. The Morgan fingerprint density at radius 2 is 1.80 bits per heavy atom. The van der Waals surface area contributed by atoms with Gasteiger partial charge in [0.15, 0.2) is 0 Å². The molecular formula is C19H24N2O9. The lowest BCUT2D eigenvalue weighted by atomic mass is 9.91. The second-order valence-corrected chi connectivity index (χ2v) is 6.61. The lowest BCUT2D eigenvalue weighted by Gasteiger charge is -2.40. The number of amides is 2. The van der Waals surface area contributed by atoms with Gasteiger partial charge in [0.25, 0.3) is 5.91 Å². The number of aliphatic hydroxyl groups excluding tert-OH is 3. The van der Waals surface area contributed by atoms with Crippen LogP contribution in [0.4, 0.5) is 0 Å². The van der Waals surface area contributed by atoms with Gasteiger partial charge in [0.2, 0.25) is 11.7 Å². The largest absolute Gasteiger partial charge is 0.497 e. The molecule has 1 aromatic rings. The molecule has 1 heterocycles. The molecule has 11 heteroatoms. The third-order valence-electron chi connectivity index (χ3n) is 4.48. The maximum Gasteiger partial charge on any atom is 0.370 e. The number of ether oxygens (including phenoxy) is 2. The van der Waals surface area contributed by atoms with Crippen LogP contribution in [0.2, 0.25) is 0 Å². The molecule has 0 bridgehead atoms. The summed E-state index contributed by atoms with van der Waals surface area (Å²) >= 11 is 0. The monoisotopic (exact) mass is 424 g/mol. The van der Waals surface area contributed by atoms with E-state index in [0.29, 0.717) is 5.75 Å². The molecule has 0 unspecified atom stereocenters. The summed E-state index contributed by atoms with van der Waals surface area (Å²) in [6.07, 6.45) is -3.81. The third-order valence-corrected chi connectivity index (χ3v) is 4.48. The number of benzene rings is 1. The van der Waals surface area contributed by atoms with Gasteiger partial charge in [-0.05, 0) is 30.3 Å². The molecule has 2 rings (SSSR count). The van der Waals surface area contributed by atoms with Crippen LogP contribution in [-0.4, -0.2) is 82.3 Å². The van der Waals surface area contributed by atoms with Crippen LogP contribution in [0.3, 0.4) is 0 Å². The zero-order valence-electron chi connectivity index (χ0n) is 16.3. The van der Waals surface area contributed by atoms with Crippen LogP contribution in [0.15, 0.2) is 36.1 Å². The first-order valence-corrected chi connectivity index (χ1v) is 8.98. The van der Waals surface area contributed by atoms with Gasteiger partial charge >= 0.3 is 5.97 Å². The summed E-state index contributed by atoms with van der Waals surface area (Å²) in [4.78, 5) is 35.8. The maximum absolute atomic E-state index is 12.7. The number of nitrogens with one attached hydrogen (secondary N) is 2. The SMILES string of the molecule is COc1ccc(C(=O)N[C@H]2C=C(C(=O)O)O[C@@H]([C@H](O)[C@H](O)CO)[C@@H]2NC(C)=O)cc1. The van der Waals surface area contributed by atoms with E-state index >= 15 is 0 Å². The van der Waals surface area contributed by atoms with Gasteiger partial charge in [0.1, 0.15) is 24.1 Å². The topological polar surface area (TPSA) is 175 Å². The molecule has 164 valence electrons. The number of carboxylic acid groups (broad SMARTS) is 1. The molecule has 0 spiro atoms. The zero-order chi connectivity index (χ0) is 22.4. The first-order valence-electron chi connectivity index (χ1n) is 8.98. The smallest absolute Gasteiger partial charge is 0.370 e. The van der Waals surface area contributed by atoms with Gasteiger partial charge in [-0.3, -0.25) is 9.59 Å². The van der Waals surface area contributed by atoms with Gasteiger partial charge in [0.05, 0.1) is 25.8 Å². The van der Waals surface area contributed by atoms with Gasteiger partial charge < -0.3 is 40.5 Å². The molecule has 0 aromatic heterocycles. The molecule has 0 aliphatic carbocycles. The predicted octanol–water partition coefficient (Wildman–Crippen LogP) is -1.62. The Balaban J connectivity index is 2.37. The number of carbonyl (C=O) groups excluding carboxylic acids is 2. The summed E-state index contributed by atoms with van der Waals surface area (Å²) < 4.78 is 10.3. The minimum atomic E-state index is -1.75. The van der Waals surface area contributed by atoms with Crippen molar-refractivity contribution in [1.82, 2.24) is 10.6 Å². The molecule has 5 atom stereocenters. The van der Waals surface area contributed by atoms with E-state index in [0.717, 1.165) is 6.08 Å². The highest BCUT2D eigenvalue weighted by atomic mass is 16.5. The van der Waals surface area contributed by atoms with E-state index in [9.17, 15) is 29.7 Å². The van der Waals surface area contributed by atoms with Gasteiger partial charge in [-0.25, -0.2) is 4.79 Å². The van der Waals surface area contributed by atoms with Crippen LogP contribution in [-0.2, 0) is 14.3 Å². The Labute approximate surface area is 171 Å². The third kappa shape index (κ3) is 5.47. The number of hydrogen-bond donors (Lipinski definition) is 6. The molecule has 0 fully saturated rings. The fourth-order valence-electron chi connectivity index (χ4n) is 2.98. The maximum atomic E-state index is 12.7. The number of carboxylic acids is 1. The molecule has 0 saturated carbocycles. The Morgan fingerprint density at radius 3 is 2.30 bits per heavy atom. The van der Waals surface area contributed by atoms with Crippen LogP contribution < -0.4 is 15.4 Å². The minimum Gasteiger partial charge on any atom is -0.497 e. The van der Waals surface area contributed by atoms with Crippen LogP contribution in [0, 0.1) is 0 Å². The highest BCUT2D eigenvalue weighted by Crippen LogP contribution is 2.23. The first-order chi connectivity index (χ1) is 14.2. The molecule has 2 amide bonds. The van der Waals surface area contributed by atoms with Crippen molar-refractivity contribution in [1.29, 1.82) is 0 Å². The van der Waals surface area contributed by atoms with Crippen molar-refractivity contribution in [3.8, 4) is 5.75 Å². The average molecular weight is 424 g/mol. The van der Waals surface area contributed by atoms with Gasteiger partial charge in [-0.2, -0.15) is 0 Å². The summed E-state index contributed by atoms with van der Waals surface area (Å²) in [6.45, 7) is 0.355. The standard InChI is InChI=1S/C19H24N2O9/c1-9(23)20-15-12(21-18(26)10-3-5-11(29-2)6-4-10)7-14(19(27)28)30-17(15)16(25)13(24)8-22/h3-7,12-13,15-17,22,24-25H,8H2,1-2H3,(H,20,23)(H,21,26)(H,27,28)/t12-,13+,15+,16+,17+/m0/s1. The number of aliphatic hydroxyl groups is 3. The Bertz CT molecular complexity index is 809. The molecule has 1 aliphatic rings. The Kier molecular flexibility index (Phi) is 7.75. The highest BCUT2D eigenvalue weighted by Gasteiger charge is 2.44. The molecule has 11 nitrogen and oxygen atoms in total. The van der Waals surface area contributed by atoms with E-state index in [2.05, 4.69) is 10.6 Å². The number of methoxy groups -OCH3 is 1. The van der Waals surface area contributed by atoms with Crippen molar-refractivity contribution in [2.45, 2.75) is 37.3 Å². The van der Waals surface area contributed by atoms with Crippen molar-refractivity contribution in [3.63, 3.8) is 0 Å². The Hall–Kier alpha value is -3.15. The summed E-state index contributed by atoms with van der Waals surface area (Å²) in [5.74, 6) is -2.67. The van der Waals surface area contributed by atoms with E-state index in [1.165, 1.54) is 26.2 Å². The fourth-order valence-corrected chi connectivity index (χ4v) is 2.98. The van der Waals surface area contributed by atoms with Crippen LogP contribution in [0.25, 0.3) is 0 Å². The van der Waals surface area contributed by atoms with Crippen LogP contribution in [0.5, 0.6) is 5.75 Å². The van der Waals surface area contributed by atoms with Gasteiger partial charge in [-0.1, -0.05) is 0 Å². The molecule has 1 aliphatic heterocycles. The molecule has 1 aromatic carbocycles.